The summed E-state index contributed by atoms with van der Waals surface area (Å²) in [6.45, 7) is 2.00. The Balaban J connectivity index is 1.79. The smallest absolute Gasteiger partial charge is 0.335 e. The molecule has 120 valence electrons. The van der Waals surface area contributed by atoms with Crippen molar-refractivity contribution in [2.24, 2.45) is 4.99 Å². The van der Waals surface area contributed by atoms with E-state index in [1.54, 1.807) is 18.2 Å². The fraction of sp³-hybridized carbons (Fsp3) is 0.0556. The molecular formula is C18H14N2O3S. The lowest BCUT2D eigenvalue weighted by Gasteiger charge is -1.97. The minimum atomic E-state index is -0.977. The second kappa shape index (κ2) is 6.72. The number of nitrogens with one attached hydrogen (secondary N) is 1. The number of carbonyl (C=O) groups is 2. The lowest BCUT2D eigenvalue weighted by molar-refractivity contribution is -0.115. The molecule has 0 aromatic heterocycles. The molecule has 1 heterocycles. The van der Waals surface area contributed by atoms with Gasteiger partial charge in [-0.1, -0.05) is 29.8 Å². The average Bonchev–Trinajstić information content (AvgIpc) is 2.89. The van der Waals surface area contributed by atoms with Crippen molar-refractivity contribution in [3.63, 3.8) is 0 Å². The summed E-state index contributed by atoms with van der Waals surface area (Å²) < 4.78 is 0. The van der Waals surface area contributed by atoms with E-state index in [9.17, 15) is 9.59 Å². The number of aromatic carboxylic acids is 1. The third kappa shape index (κ3) is 3.72. The van der Waals surface area contributed by atoms with Gasteiger partial charge in [-0.2, -0.15) is 0 Å². The highest BCUT2D eigenvalue weighted by Gasteiger charge is 2.23. The van der Waals surface area contributed by atoms with E-state index in [1.165, 1.54) is 23.9 Å². The minimum absolute atomic E-state index is 0.210. The molecular weight excluding hydrogens is 324 g/mol. The van der Waals surface area contributed by atoms with Gasteiger partial charge in [-0.05, 0) is 54.6 Å². The molecule has 1 saturated heterocycles. The van der Waals surface area contributed by atoms with Crippen LogP contribution in [0.1, 0.15) is 21.5 Å². The number of hydrogen-bond acceptors (Lipinski definition) is 4. The van der Waals surface area contributed by atoms with Crippen LogP contribution in [0.2, 0.25) is 0 Å². The zero-order chi connectivity index (χ0) is 17.1. The number of benzene rings is 2. The van der Waals surface area contributed by atoms with Gasteiger partial charge in [0, 0.05) is 0 Å². The van der Waals surface area contributed by atoms with Crippen LogP contribution >= 0.6 is 11.8 Å². The van der Waals surface area contributed by atoms with Crippen molar-refractivity contribution in [2.45, 2.75) is 6.92 Å². The van der Waals surface area contributed by atoms with Gasteiger partial charge in [0.2, 0.25) is 0 Å². The fourth-order valence-corrected chi connectivity index (χ4v) is 2.93. The van der Waals surface area contributed by atoms with Crippen molar-refractivity contribution < 1.29 is 14.7 Å². The van der Waals surface area contributed by atoms with Crippen LogP contribution in [-0.2, 0) is 4.79 Å². The van der Waals surface area contributed by atoms with Gasteiger partial charge in [0.15, 0.2) is 5.17 Å². The number of carbonyl (C=O) groups excluding carboxylic acids is 1. The Morgan fingerprint density at radius 3 is 2.42 bits per heavy atom. The second-order valence-corrected chi connectivity index (χ2v) is 6.28. The fourth-order valence-electron chi connectivity index (χ4n) is 2.09. The number of carboxylic acids is 1. The Bertz CT molecular complexity index is 853. The van der Waals surface area contributed by atoms with Gasteiger partial charge in [-0.3, -0.25) is 4.79 Å². The number of aryl methyl sites for hydroxylation is 1. The van der Waals surface area contributed by atoms with E-state index in [2.05, 4.69) is 10.3 Å². The van der Waals surface area contributed by atoms with Crippen molar-refractivity contribution in [2.75, 3.05) is 0 Å². The number of hydrogen-bond donors (Lipinski definition) is 2. The molecule has 3 rings (SSSR count). The van der Waals surface area contributed by atoms with Crippen molar-refractivity contribution in [1.29, 1.82) is 0 Å². The number of amidine groups is 1. The summed E-state index contributed by atoms with van der Waals surface area (Å²) >= 11 is 1.26. The number of rotatable bonds is 3. The first-order valence-electron chi connectivity index (χ1n) is 7.21. The van der Waals surface area contributed by atoms with Gasteiger partial charge in [-0.25, -0.2) is 9.79 Å². The molecule has 0 atom stereocenters. The standard InChI is InChI=1S/C18H14N2O3S/c1-11-2-8-14(9-3-11)19-18-20-16(21)15(24-18)10-12-4-6-13(7-5-12)17(22)23/h2-10H,1H3,(H,22,23)(H,19,20,21)/b15-10+. The first-order chi connectivity index (χ1) is 11.5. The Morgan fingerprint density at radius 1 is 1.12 bits per heavy atom. The highest BCUT2D eigenvalue weighted by Crippen LogP contribution is 2.28. The summed E-state index contributed by atoms with van der Waals surface area (Å²) in [7, 11) is 0. The van der Waals surface area contributed by atoms with Crippen LogP contribution in [0.25, 0.3) is 6.08 Å². The molecule has 1 amide bonds. The summed E-state index contributed by atoms with van der Waals surface area (Å²) in [6.07, 6.45) is 1.71. The molecule has 1 fully saturated rings. The van der Waals surface area contributed by atoms with Crippen LogP contribution < -0.4 is 5.32 Å². The van der Waals surface area contributed by atoms with Crippen molar-refractivity contribution >= 4 is 40.6 Å². The molecule has 0 bridgehead atoms. The average molecular weight is 338 g/mol. The molecule has 6 heteroatoms. The van der Waals surface area contributed by atoms with Gasteiger partial charge in [0.25, 0.3) is 5.91 Å². The Morgan fingerprint density at radius 2 is 1.79 bits per heavy atom. The van der Waals surface area contributed by atoms with Crippen LogP contribution in [0.3, 0.4) is 0 Å². The third-order valence-corrected chi connectivity index (χ3v) is 4.28. The minimum Gasteiger partial charge on any atom is -0.478 e. The van der Waals surface area contributed by atoms with Crippen LogP contribution in [-0.4, -0.2) is 22.2 Å². The molecule has 24 heavy (non-hydrogen) atoms. The molecule has 5 nitrogen and oxygen atoms in total. The lowest BCUT2D eigenvalue weighted by atomic mass is 10.1. The predicted molar refractivity (Wildman–Crippen MR) is 95.4 cm³/mol. The maximum absolute atomic E-state index is 12.0. The Hall–Kier alpha value is -2.86. The number of carboxylic acid groups (broad SMARTS) is 1. The van der Waals surface area contributed by atoms with Gasteiger partial charge in [0.1, 0.15) is 0 Å². The summed E-state index contributed by atoms with van der Waals surface area (Å²) in [5, 5.41) is 12.1. The first kappa shape index (κ1) is 16.0. The van der Waals surface area contributed by atoms with Crippen LogP contribution in [0, 0.1) is 6.92 Å². The predicted octanol–water partition coefficient (Wildman–Crippen LogP) is 3.58. The number of thioether (sulfide) groups is 1. The molecule has 2 aromatic rings. The van der Waals surface area contributed by atoms with Crippen molar-refractivity contribution in [1.82, 2.24) is 5.32 Å². The summed E-state index contributed by atoms with van der Waals surface area (Å²) in [4.78, 5) is 27.8. The highest BCUT2D eigenvalue weighted by atomic mass is 32.2. The van der Waals surface area contributed by atoms with E-state index in [0.29, 0.717) is 10.1 Å². The Labute approximate surface area is 143 Å². The molecule has 0 aliphatic carbocycles. The molecule has 0 saturated carbocycles. The van der Waals surface area contributed by atoms with Crippen LogP contribution in [0.5, 0.6) is 0 Å². The number of amides is 1. The van der Waals surface area contributed by atoms with Crippen molar-refractivity contribution in [3.8, 4) is 0 Å². The summed E-state index contributed by atoms with van der Waals surface area (Å²) in [5.41, 5.74) is 2.89. The number of nitrogens with zero attached hydrogens (tertiary/aromatic N) is 1. The van der Waals surface area contributed by atoms with Crippen LogP contribution in [0.15, 0.2) is 58.4 Å². The van der Waals surface area contributed by atoms with Gasteiger partial charge < -0.3 is 10.4 Å². The van der Waals surface area contributed by atoms with E-state index in [1.807, 2.05) is 31.2 Å². The van der Waals surface area contributed by atoms with E-state index < -0.39 is 5.97 Å². The van der Waals surface area contributed by atoms with Crippen molar-refractivity contribution in [3.05, 3.63) is 70.1 Å². The molecule has 1 aliphatic heterocycles. The second-order valence-electron chi connectivity index (χ2n) is 5.24. The van der Waals surface area contributed by atoms with Gasteiger partial charge in [-0.15, -0.1) is 0 Å². The largest absolute Gasteiger partial charge is 0.478 e. The lowest BCUT2D eigenvalue weighted by Crippen LogP contribution is -2.19. The van der Waals surface area contributed by atoms with E-state index in [0.717, 1.165) is 16.8 Å². The monoisotopic (exact) mass is 338 g/mol. The summed E-state index contributed by atoms with van der Waals surface area (Å²) in [5.74, 6) is -1.19. The Kier molecular flexibility index (Phi) is 4.48. The van der Waals surface area contributed by atoms with E-state index in [-0.39, 0.29) is 11.5 Å². The van der Waals surface area contributed by atoms with Gasteiger partial charge in [0.05, 0.1) is 16.2 Å². The zero-order valence-electron chi connectivity index (χ0n) is 12.8. The molecule has 1 aliphatic rings. The SMILES string of the molecule is Cc1ccc(N=C2NC(=O)/C(=C\c3ccc(C(=O)O)cc3)S2)cc1. The van der Waals surface area contributed by atoms with E-state index in [4.69, 9.17) is 5.11 Å². The normalized spacial score (nSPS) is 17.3. The quantitative estimate of drug-likeness (QED) is 0.838. The molecule has 0 spiro atoms. The summed E-state index contributed by atoms with van der Waals surface area (Å²) in [6, 6.07) is 14.0. The third-order valence-electron chi connectivity index (χ3n) is 3.37. The highest BCUT2D eigenvalue weighted by molar-refractivity contribution is 8.18. The maximum atomic E-state index is 12.0. The van der Waals surface area contributed by atoms with Gasteiger partial charge >= 0.3 is 5.97 Å². The maximum Gasteiger partial charge on any atom is 0.335 e. The molecule has 0 unspecified atom stereocenters. The first-order valence-corrected chi connectivity index (χ1v) is 8.02. The van der Waals surface area contributed by atoms with Crippen LogP contribution in [0.4, 0.5) is 5.69 Å². The number of aliphatic imine (C=N–C) groups is 1. The molecule has 0 radical (unpaired) electrons. The molecule has 2 aromatic carbocycles. The van der Waals surface area contributed by atoms with E-state index >= 15 is 0 Å². The topological polar surface area (TPSA) is 78.8 Å². The zero-order valence-corrected chi connectivity index (χ0v) is 13.6. The molecule has 2 N–H and O–H groups in total.